The molecule has 0 aliphatic carbocycles. The fraction of sp³-hybridized carbons (Fsp3) is 0.500. The minimum atomic E-state index is -0.615. The SMILES string of the molecule is CCCNC(=O)C(C)NC(=O)c1cnc(NCC)c(Cl)c1. The summed E-state index contributed by atoms with van der Waals surface area (Å²) in [5.41, 5.74) is 0.316. The average molecular weight is 313 g/mol. The highest BCUT2D eigenvalue weighted by atomic mass is 35.5. The molecule has 0 spiro atoms. The number of carbonyl (C=O) groups excluding carboxylic acids is 2. The number of halogens is 1. The molecular formula is C14H21ClN4O2. The van der Waals surface area contributed by atoms with Crippen molar-refractivity contribution >= 4 is 29.2 Å². The third-order valence-electron chi connectivity index (χ3n) is 2.74. The molecule has 0 fully saturated rings. The quantitative estimate of drug-likeness (QED) is 0.717. The summed E-state index contributed by atoms with van der Waals surface area (Å²) in [4.78, 5) is 27.8. The van der Waals surface area contributed by atoms with Crippen molar-refractivity contribution in [2.24, 2.45) is 0 Å². The Morgan fingerprint density at radius 2 is 2.10 bits per heavy atom. The molecule has 0 saturated carbocycles. The van der Waals surface area contributed by atoms with Gasteiger partial charge in [0, 0.05) is 19.3 Å². The summed E-state index contributed by atoms with van der Waals surface area (Å²) >= 11 is 6.04. The Balaban J connectivity index is 2.67. The van der Waals surface area contributed by atoms with Gasteiger partial charge < -0.3 is 16.0 Å². The van der Waals surface area contributed by atoms with Gasteiger partial charge in [-0.05, 0) is 26.3 Å². The Labute approximate surface area is 129 Å². The zero-order valence-electron chi connectivity index (χ0n) is 12.5. The highest BCUT2D eigenvalue weighted by Crippen LogP contribution is 2.19. The first-order valence-electron chi connectivity index (χ1n) is 6.97. The normalized spacial score (nSPS) is 11.6. The van der Waals surface area contributed by atoms with Gasteiger partial charge in [0.25, 0.3) is 5.91 Å². The number of rotatable bonds is 7. The highest BCUT2D eigenvalue weighted by molar-refractivity contribution is 6.33. The van der Waals surface area contributed by atoms with Crippen LogP contribution in [0.2, 0.25) is 5.02 Å². The molecule has 0 radical (unpaired) electrons. The maximum absolute atomic E-state index is 12.0. The van der Waals surface area contributed by atoms with E-state index in [0.29, 0.717) is 29.5 Å². The van der Waals surface area contributed by atoms with Crippen LogP contribution in [0.25, 0.3) is 0 Å². The maximum Gasteiger partial charge on any atom is 0.253 e. The molecular weight excluding hydrogens is 292 g/mol. The topological polar surface area (TPSA) is 83.1 Å². The summed E-state index contributed by atoms with van der Waals surface area (Å²) in [5.74, 6) is -0.0652. The number of hydrogen-bond acceptors (Lipinski definition) is 4. The summed E-state index contributed by atoms with van der Waals surface area (Å²) in [7, 11) is 0. The molecule has 0 aliphatic heterocycles. The van der Waals surface area contributed by atoms with Crippen molar-refractivity contribution < 1.29 is 9.59 Å². The largest absolute Gasteiger partial charge is 0.369 e. The van der Waals surface area contributed by atoms with Gasteiger partial charge >= 0.3 is 0 Å². The van der Waals surface area contributed by atoms with E-state index in [-0.39, 0.29) is 11.8 Å². The maximum atomic E-state index is 12.0. The van der Waals surface area contributed by atoms with Crippen molar-refractivity contribution in [2.75, 3.05) is 18.4 Å². The van der Waals surface area contributed by atoms with Gasteiger partial charge in [0.1, 0.15) is 11.9 Å². The van der Waals surface area contributed by atoms with Gasteiger partial charge in [-0.25, -0.2) is 4.98 Å². The number of nitrogens with one attached hydrogen (secondary N) is 3. The molecule has 21 heavy (non-hydrogen) atoms. The zero-order valence-corrected chi connectivity index (χ0v) is 13.3. The van der Waals surface area contributed by atoms with E-state index in [4.69, 9.17) is 11.6 Å². The van der Waals surface area contributed by atoms with E-state index in [2.05, 4.69) is 20.9 Å². The molecule has 116 valence electrons. The van der Waals surface area contributed by atoms with Crippen molar-refractivity contribution in [3.8, 4) is 0 Å². The lowest BCUT2D eigenvalue weighted by molar-refractivity contribution is -0.122. The number of amides is 2. The van der Waals surface area contributed by atoms with Gasteiger partial charge in [0.05, 0.1) is 10.6 Å². The van der Waals surface area contributed by atoms with Crippen LogP contribution in [0.1, 0.15) is 37.6 Å². The molecule has 1 unspecified atom stereocenters. The van der Waals surface area contributed by atoms with Crippen LogP contribution in [0.15, 0.2) is 12.3 Å². The monoisotopic (exact) mass is 312 g/mol. The third-order valence-corrected chi connectivity index (χ3v) is 3.03. The first-order valence-corrected chi connectivity index (χ1v) is 7.35. The van der Waals surface area contributed by atoms with E-state index >= 15 is 0 Å². The van der Waals surface area contributed by atoms with Crippen molar-refractivity contribution in [1.29, 1.82) is 0 Å². The molecule has 0 aromatic carbocycles. The van der Waals surface area contributed by atoms with Crippen LogP contribution >= 0.6 is 11.6 Å². The summed E-state index contributed by atoms with van der Waals surface area (Å²) in [6.07, 6.45) is 2.27. The van der Waals surface area contributed by atoms with E-state index in [1.165, 1.54) is 12.3 Å². The standard InChI is InChI=1S/C14H21ClN4O2/c1-4-6-17-13(20)9(3)19-14(21)10-7-11(15)12(16-5-2)18-8-10/h7-9H,4-6H2,1-3H3,(H,16,18)(H,17,20)(H,19,21). The highest BCUT2D eigenvalue weighted by Gasteiger charge is 2.17. The smallest absolute Gasteiger partial charge is 0.253 e. The van der Waals surface area contributed by atoms with Crippen molar-refractivity contribution in [1.82, 2.24) is 15.6 Å². The minimum Gasteiger partial charge on any atom is -0.369 e. The summed E-state index contributed by atoms with van der Waals surface area (Å²) in [6.45, 7) is 6.79. The molecule has 0 bridgehead atoms. The average Bonchev–Trinajstić information content (AvgIpc) is 2.46. The molecule has 0 saturated heterocycles. The number of anilines is 1. The fourth-order valence-corrected chi connectivity index (χ4v) is 1.84. The van der Waals surface area contributed by atoms with Crippen LogP contribution in [0, 0.1) is 0 Å². The van der Waals surface area contributed by atoms with Crippen LogP contribution in [0.3, 0.4) is 0 Å². The van der Waals surface area contributed by atoms with Gasteiger partial charge in [0.2, 0.25) is 5.91 Å². The van der Waals surface area contributed by atoms with E-state index in [9.17, 15) is 9.59 Å². The molecule has 1 heterocycles. The molecule has 0 aliphatic rings. The summed E-state index contributed by atoms with van der Waals surface area (Å²) in [5, 5.41) is 8.69. The Hall–Kier alpha value is -1.82. The van der Waals surface area contributed by atoms with E-state index < -0.39 is 6.04 Å². The predicted octanol–water partition coefficient (Wildman–Crippen LogP) is 1.81. The van der Waals surface area contributed by atoms with Crippen LogP contribution in [-0.2, 0) is 4.79 Å². The first kappa shape index (κ1) is 17.2. The molecule has 3 N–H and O–H groups in total. The van der Waals surface area contributed by atoms with E-state index in [1.807, 2.05) is 13.8 Å². The number of carbonyl (C=O) groups is 2. The van der Waals surface area contributed by atoms with Crippen LogP contribution in [0.5, 0.6) is 0 Å². The Kier molecular flexibility index (Phi) is 6.94. The molecule has 1 aromatic rings. The molecule has 1 aromatic heterocycles. The summed E-state index contributed by atoms with van der Waals surface area (Å²) in [6, 6.07) is 0.912. The van der Waals surface area contributed by atoms with E-state index in [1.54, 1.807) is 6.92 Å². The second kappa shape index (κ2) is 8.46. The number of hydrogen-bond donors (Lipinski definition) is 3. The number of aromatic nitrogens is 1. The van der Waals surface area contributed by atoms with Crippen molar-refractivity contribution in [3.63, 3.8) is 0 Å². The van der Waals surface area contributed by atoms with Gasteiger partial charge in [-0.3, -0.25) is 9.59 Å². The third kappa shape index (κ3) is 5.23. The van der Waals surface area contributed by atoms with Gasteiger partial charge in [-0.1, -0.05) is 18.5 Å². The van der Waals surface area contributed by atoms with Crippen molar-refractivity contribution in [2.45, 2.75) is 33.2 Å². The van der Waals surface area contributed by atoms with Gasteiger partial charge in [0.15, 0.2) is 0 Å². The minimum absolute atomic E-state index is 0.214. The van der Waals surface area contributed by atoms with Gasteiger partial charge in [-0.2, -0.15) is 0 Å². The second-order valence-corrected chi connectivity index (χ2v) is 4.98. The Morgan fingerprint density at radius 3 is 2.67 bits per heavy atom. The lowest BCUT2D eigenvalue weighted by atomic mass is 10.2. The lowest BCUT2D eigenvalue weighted by Crippen LogP contribution is -2.45. The Bertz CT molecular complexity index is 508. The second-order valence-electron chi connectivity index (χ2n) is 4.57. The molecule has 7 heteroatoms. The molecule has 1 atom stereocenters. The zero-order chi connectivity index (χ0) is 15.8. The van der Waals surface area contributed by atoms with Crippen LogP contribution in [0.4, 0.5) is 5.82 Å². The van der Waals surface area contributed by atoms with Crippen LogP contribution < -0.4 is 16.0 Å². The molecule has 1 rings (SSSR count). The van der Waals surface area contributed by atoms with Crippen LogP contribution in [-0.4, -0.2) is 35.9 Å². The Morgan fingerprint density at radius 1 is 1.38 bits per heavy atom. The first-order chi connectivity index (χ1) is 9.99. The predicted molar refractivity (Wildman–Crippen MR) is 83.6 cm³/mol. The van der Waals surface area contributed by atoms with Gasteiger partial charge in [-0.15, -0.1) is 0 Å². The number of pyridine rings is 1. The van der Waals surface area contributed by atoms with Crippen molar-refractivity contribution in [3.05, 3.63) is 22.8 Å². The molecule has 6 nitrogen and oxygen atoms in total. The van der Waals surface area contributed by atoms with E-state index in [0.717, 1.165) is 6.42 Å². The lowest BCUT2D eigenvalue weighted by Gasteiger charge is -2.14. The molecule has 2 amide bonds. The fourth-order valence-electron chi connectivity index (χ4n) is 1.61. The summed E-state index contributed by atoms with van der Waals surface area (Å²) < 4.78 is 0. The number of nitrogens with zero attached hydrogens (tertiary/aromatic N) is 1.